The maximum atomic E-state index is 11.9. The molecule has 0 radical (unpaired) electrons. The van der Waals surface area contributed by atoms with Crippen LogP contribution in [0.15, 0.2) is 65.5 Å². The molecule has 3 rings (SSSR count). The van der Waals surface area contributed by atoms with E-state index in [9.17, 15) is 4.79 Å². The van der Waals surface area contributed by atoms with E-state index in [2.05, 4.69) is 21.7 Å². The summed E-state index contributed by atoms with van der Waals surface area (Å²) < 4.78 is 7.40. The van der Waals surface area contributed by atoms with E-state index in [1.807, 2.05) is 36.5 Å². The number of benzene rings is 1. The number of rotatable bonds is 6. The molecule has 0 aliphatic carbocycles. The zero-order valence-electron chi connectivity index (χ0n) is 13.1. The van der Waals surface area contributed by atoms with Crippen molar-refractivity contribution in [3.05, 3.63) is 78.3 Å². The summed E-state index contributed by atoms with van der Waals surface area (Å²) >= 11 is 0. The van der Waals surface area contributed by atoms with Crippen molar-refractivity contribution in [2.75, 3.05) is 0 Å². The van der Waals surface area contributed by atoms with Crippen molar-refractivity contribution in [3.8, 4) is 0 Å². The molecule has 2 heterocycles. The van der Waals surface area contributed by atoms with Gasteiger partial charge >= 0.3 is 0 Å². The van der Waals surface area contributed by atoms with Gasteiger partial charge in [-0.1, -0.05) is 30.3 Å². The Morgan fingerprint density at radius 1 is 1.17 bits per heavy atom. The van der Waals surface area contributed by atoms with Gasteiger partial charge in [-0.2, -0.15) is 0 Å². The molecule has 5 heteroatoms. The van der Waals surface area contributed by atoms with E-state index in [0.717, 1.165) is 18.1 Å². The number of aromatic nitrogens is 2. The second-order valence-electron chi connectivity index (χ2n) is 5.41. The van der Waals surface area contributed by atoms with Crippen molar-refractivity contribution in [2.24, 2.45) is 0 Å². The largest absolute Gasteiger partial charge is 0.467 e. The summed E-state index contributed by atoms with van der Waals surface area (Å²) in [6.07, 6.45) is 5.32. The molecule has 0 aliphatic heterocycles. The molecule has 0 aliphatic rings. The van der Waals surface area contributed by atoms with Crippen LogP contribution in [0.2, 0.25) is 0 Å². The molecule has 1 amide bonds. The van der Waals surface area contributed by atoms with Gasteiger partial charge in [-0.3, -0.25) is 4.79 Å². The highest BCUT2D eigenvalue weighted by Gasteiger charge is 2.15. The Morgan fingerprint density at radius 3 is 2.70 bits per heavy atom. The number of hydrogen-bond donors (Lipinski definition) is 0. The van der Waals surface area contributed by atoms with Gasteiger partial charge in [-0.15, -0.1) is 0 Å². The molecular weight excluding hydrogens is 290 g/mol. The number of carbonyl (C=O) groups excluding carboxylic acids is 1. The topological polar surface area (TPSA) is 51.3 Å². The predicted molar refractivity (Wildman–Crippen MR) is 86.4 cm³/mol. The van der Waals surface area contributed by atoms with Gasteiger partial charge in [0.15, 0.2) is 0 Å². The zero-order chi connectivity index (χ0) is 16.1. The van der Waals surface area contributed by atoms with E-state index >= 15 is 0 Å². The van der Waals surface area contributed by atoms with E-state index in [1.54, 1.807) is 24.3 Å². The first-order chi connectivity index (χ1) is 11.2. The molecule has 3 aromatic rings. The van der Waals surface area contributed by atoms with Crippen LogP contribution in [-0.2, 0) is 24.4 Å². The number of nitrogens with zero attached hydrogens (tertiary/aromatic N) is 3. The highest BCUT2D eigenvalue weighted by molar-refractivity contribution is 5.73. The summed E-state index contributed by atoms with van der Waals surface area (Å²) in [7, 11) is 0. The molecule has 0 saturated heterocycles. The Kier molecular flexibility index (Phi) is 4.57. The Hall–Kier alpha value is -2.82. The highest BCUT2D eigenvalue weighted by atomic mass is 16.3. The normalized spacial score (nSPS) is 10.7. The molecule has 1 aromatic carbocycles. The maximum Gasteiger partial charge on any atom is 0.220 e. The van der Waals surface area contributed by atoms with Crippen molar-refractivity contribution in [2.45, 2.75) is 26.6 Å². The molecule has 118 valence electrons. The van der Waals surface area contributed by atoms with Crippen LogP contribution in [0.3, 0.4) is 0 Å². The Bertz CT molecular complexity index is 748. The van der Waals surface area contributed by atoms with Gasteiger partial charge < -0.3 is 13.9 Å². The van der Waals surface area contributed by atoms with Gasteiger partial charge in [0.1, 0.15) is 11.6 Å². The first kappa shape index (κ1) is 15.1. The molecular formula is C18H19N3O2. The third kappa shape index (κ3) is 3.88. The van der Waals surface area contributed by atoms with Crippen LogP contribution in [0.1, 0.15) is 24.1 Å². The van der Waals surface area contributed by atoms with Gasteiger partial charge in [0, 0.05) is 25.9 Å². The van der Waals surface area contributed by atoms with Crippen molar-refractivity contribution >= 4 is 5.91 Å². The Morgan fingerprint density at radius 2 is 2.00 bits per heavy atom. The first-order valence-electron chi connectivity index (χ1n) is 7.54. The highest BCUT2D eigenvalue weighted by Crippen LogP contribution is 2.12. The van der Waals surface area contributed by atoms with Gasteiger partial charge in [0.2, 0.25) is 5.91 Å². The minimum absolute atomic E-state index is 0.00402. The number of furan rings is 1. The van der Waals surface area contributed by atoms with Crippen LogP contribution in [0.4, 0.5) is 0 Å². The number of imidazole rings is 1. The summed E-state index contributed by atoms with van der Waals surface area (Å²) in [6, 6.07) is 13.9. The van der Waals surface area contributed by atoms with Crippen molar-refractivity contribution in [3.63, 3.8) is 0 Å². The van der Waals surface area contributed by atoms with Crippen LogP contribution >= 0.6 is 0 Å². The molecule has 0 unspecified atom stereocenters. The lowest BCUT2D eigenvalue weighted by molar-refractivity contribution is -0.130. The monoisotopic (exact) mass is 309 g/mol. The van der Waals surface area contributed by atoms with Gasteiger partial charge in [0.05, 0.1) is 19.4 Å². The lowest BCUT2D eigenvalue weighted by atomic mass is 10.2. The summed E-state index contributed by atoms with van der Waals surface area (Å²) in [5.41, 5.74) is 1.20. The fourth-order valence-corrected chi connectivity index (χ4v) is 2.46. The van der Waals surface area contributed by atoms with E-state index in [1.165, 1.54) is 5.56 Å². The number of hydrogen-bond acceptors (Lipinski definition) is 3. The SMILES string of the molecule is CC(=O)N(Cc1ccco1)Cc1nccn1Cc1ccccc1. The third-order valence-electron chi connectivity index (χ3n) is 3.70. The molecule has 5 nitrogen and oxygen atoms in total. The molecule has 0 fully saturated rings. The van der Waals surface area contributed by atoms with E-state index in [0.29, 0.717) is 13.1 Å². The molecule has 0 N–H and O–H groups in total. The van der Waals surface area contributed by atoms with Crippen LogP contribution in [0, 0.1) is 0 Å². The second kappa shape index (κ2) is 6.96. The standard InChI is InChI=1S/C18H19N3O2/c1-15(22)21(13-17-8-5-11-23-17)14-18-19-9-10-20(18)12-16-6-3-2-4-7-16/h2-11H,12-14H2,1H3. The van der Waals surface area contributed by atoms with Crippen molar-refractivity contribution in [1.82, 2.24) is 14.5 Å². The van der Waals surface area contributed by atoms with E-state index in [-0.39, 0.29) is 5.91 Å². The molecule has 0 spiro atoms. The van der Waals surface area contributed by atoms with Crippen LogP contribution < -0.4 is 0 Å². The first-order valence-corrected chi connectivity index (χ1v) is 7.54. The fourth-order valence-electron chi connectivity index (χ4n) is 2.46. The lowest BCUT2D eigenvalue weighted by Gasteiger charge is -2.20. The van der Waals surface area contributed by atoms with Gasteiger partial charge in [-0.25, -0.2) is 4.98 Å². The quantitative estimate of drug-likeness (QED) is 0.703. The predicted octanol–water partition coefficient (Wildman–Crippen LogP) is 3.07. The van der Waals surface area contributed by atoms with Crippen molar-refractivity contribution in [1.29, 1.82) is 0 Å². The summed E-state index contributed by atoms with van der Waals surface area (Å²) in [6.45, 7) is 3.20. The lowest BCUT2D eigenvalue weighted by Crippen LogP contribution is -2.29. The molecule has 23 heavy (non-hydrogen) atoms. The molecule has 0 atom stereocenters. The average molecular weight is 309 g/mol. The van der Waals surface area contributed by atoms with Gasteiger partial charge in [-0.05, 0) is 17.7 Å². The number of amides is 1. The van der Waals surface area contributed by atoms with E-state index < -0.39 is 0 Å². The van der Waals surface area contributed by atoms with Crippen molar-refractivity contribution < 1.29 is 9.21 Å². The smallest absolute Gasteiger partial charge is 0.220 e. The zero-order valence-corrected chi connectivity index (χ0v) is 13.1. The summed E-state index contributed by atoms with van der Waals surface area (Å²) in [5.74, 6) is 1.62. The molecule has 0 saturated carbocycles. The average Bonchev–Trinajstić information content (AvgIpc) is 3.20. The van der Waals surface area contributed by atoms with E-state index in [4.69, 9.17) is 4.42 Å². The minimum atomic E-state index is -0.00402. The Balaban J connectivity index is 1.73. The van der Waals surface area contributed by atoms with Crippen LogP contribution in [-0.4, -0.2) is 20.4 Å². The van der Waals surface area contributed by atoms with Gasteiger partial charge in [0.25, 0.3) is 0 Å². The van der Waals surface area contributed by atoms with Crippen LogP contribution in [0.25, 0.3) is 0 Å². The number of carbonyl (C=O) groups is 1. The minimum Gasteiger partial charge on any atom is -0.467 e. The molecule has 0 bridgehead atoms. The maximum absolute atomic E-state index is 11.9. The Labute approximate surface area is 135 Å². The summed E-state index contributed by atoms with van der Waals surface area (Å²) in [4.78, 5) is 18.0. The molecule has 2 aromatic heterocycles. The second-order valence-corrected chi connectivity index (χ2v) is 5.41. The third-order valence-corrected chi connectivity index (χ3v) is 3.70. The summed E-state index contributed by atoms with van der Waals surface area (Å²) in [5, 5.41) is 0. The van der Waals surface area contributed by atoms with Crippen LogP contribution in [0.5, 0.6) is 0 Å². The fraction of sp³-hybridized carbons (Fsp3) is 0.222.